The number of pyridine rings is 1. The third-order valence-electron chi connectivity index (χ3n) is 4.76. The molecule has 0 bridgehead atoms. The number of carbonyl (C=O) groups excluding carboxylic acids is 1. The van der Waals surface area contributed by atoms with Crippen molar-refractivity contribution in [3.63, 3.8) is 0 Å². The number of rotatable bonds is 1. The van der Waals surface area contributed by atoms with E-state index < -0.39 is 0 Å². The molecule has 1 saturated heterocycles. The normalized spacial score (nSPS) is 29.9. The Balaban J connectivity index is 1.81. The molecular weight excluding hydrogens is 276 g/mol. The Bertz CT molecular complexity index is 522. The molecule has 2 aliphatic rings. The van der Waals surface area contributed by atoms with Gasteiger partial charge in [-0.3, -0.25) is 9.78 Å². The first-order valence-electron chi connectivity index (χ1n) is 7.19. The van der Waals surface area contributed by atoms with Gasteiger partial charge in [-0.15, -0.1) is 0 Å². The van der Waals surface area contributed by atoms with Gasteiger partial charge in [-0.2, -0.15) is 0 Å². The maximum atomic E-state index is 12.6. The van der Waals surface area contributed by atoms with Crippen LogP contribution in [0.4, 0.5) is 0 Å². The van der Waals surface area contributed by atoms with E-state index in [1.165, 1.54) is 6.20 Å². The predicted octanol–water partition coefficient (Wildman–Crippen LogP) is 2.50. The summed E-state index contributed by atoms with van der Waals surface area (Å²) in [6.45, 7) is 1.39. The molecule has 1 aromatic rings. The summed E-state index contributed by atoms with van der Waals surface area (Å²) < 4.78 is 0. The Labute approximate surface area is 123 Å². The highest BCUT2D eigenvalue weighted by molar-refractivity contribution is 6.33. The van der Waals surface area contributed by atoms with Crippen molar-refractivity contribution < 1.29 is 9.90 Å². The Morgan fingerprint density at radius 3 is 2.95 bits per heavy atom. The van der Waals surface area contributed by atoms with E-state index in [1.54, 1.807) is 12.3 Å². The van der Waals surface area contributed by atoms with E-state index in [0.717, 1.165) is 38.6 Å². The zero-order chi connectivity index (χ0) is 14.2. The van der Waals surface area contributed by atoms with Crippen LogP contribution in [0.5, 0.6) is 0 Å². The minimum absolute atomic E-state index is 0.0458. The average Bonchev–Trinajstić information content (AvgIpc) is 2.79. The van der Waals surface area contributed by atoms with Gasteiger partial charge in [-0.25, -0.2) is 0 Å². The van der Waals surface area contributed by atoms with Crippen LogP contribution in [0, 0.1) is 5.41 Å². The Morgan fingerprint density at radius 2 is 2.25 bits per heavy atom. The van der Waals surface area contributed by atoms with E-state index in [9.17, 15) is 9.90 Å². The zero-order valence-corrected chi connectivity index (χ0v) is 12.1. The highest BCUT2D eigenvalue weighted by Crippen LogP contribution is 2.45. The first-order valence-corrected chi connectivity index (χ1v) is 7.57. The summed E-state index contributed by atoms with van der Waals surface area (Å²) in [5, 5.41) is 10.6. The number of aromatic nitrogens is 1. The molecule has 20 heavy (non-hydrogen) atoms. The van der Waals surface area contributed by atoms with Gasteiger partial charge in [-0.1, -0.05) is 18.0 Å². The third kappa shape index (κ3) is 2.31. The lowest BCUT2D eigenvalue weighted by Crippen LogP contribution is -2.49. The predicted molar refractivity (Wildman–Crippen MR) is 76.7 cm³/mol. The van der Waals surface area contributed by atoms with Crippen LogP contribution in [0.15, 0.2) is 18.5 Å². The minimum Gasteiger partial charge on any atom is -0.392 e. The molecule has 1 spiro atoms. The second kappa shape index (κ2) is 5.34. The first-order chi connectivity index (χ1) is 9.62. The van der Waals surface area contributed by atoms with E-state index in [1.807, 2.05) is 4.90 Å². The van der Waals surface area contributed by atoms with Gasteiger partial charge in [0.15, 0.2) is 0 Å². The smallest absolute Gasteiger partial charge is 0.255 e. The van der Waals surface area contributed by atoms with Crippen LogP contribution in [0.1, 0.15) is 42.5 Å². The number of halogens is 1. The molecule has 1 saturated carbocycles. The first kappa shape index (κ1) is 13.8. The molecule has 0 unspecified atom stereocenters. The van der Waals surface area contributed by atoms with Gasteiger partial charge >= 0.3 is 0 Å². The van der Waals surface area contributed by atoms with Crippen LogP contribution in [-0.4, -0.2) is 40.1 Å². The molecule has 1 aromatic heterocycles. The summed E-state index contributed by atoms with van der Waals surface area (Å²) in [5.74, 6) is -0.0458. The lowest BCUT2D eigenvalue weighted by molar-refractivity contribution is -0.00535. The quantitative estimate of drug-likeness (QED) is 0.866. The van der Waals surface area contributed by atoms with E-state index in [2.05, 4.69) is 4.98 Å². The highest BCUT2D eigenvalue weighted by atomic mass is 35.5. The molecule has 4 nitrogen and oxygen atoms in total. The molecule has 0 aromatic carbocycles. The molecule has 108 valence electrons. The minimum atomic E-state index is -0.272. The SMILES string of the molecule is O=C(c1ccncc1Cl)N1CCC[C@@]2(CCC[C@H]2O)C1. The molecule has 2 heterocycles. The number of piperidine rings is 1. The summed E-state index contributed by atoms with van der Waals surface area (Å²) in [6, 6.07) is 1.66. The molecule has 5 heteroatoms. The third-order valence-corrected chi connectivity index (χ3v) is 5.06. The summed E-state index contributed by atoms with van der Waals surface area (Å²) in [5.41, 5.74) is 0.416. The van der Waals surface area contributed by atoms with Gasteiger partial charge in [0, 0.05) is 30.9 Å². The van der Waals surface area contributed by atoms with Crippen molar-refractivity contribution in [3.8, 4) is 0 Å². The topological polar surface area (TPSA) is 53.4 Å². The van der Waals surface area contributed by atoms with Gasteiger partial charge in [0.2, 0.25) is 0 Å². The molecular formula is C15H19ClN2O2. The van der Waals surface area contributed by atoms with Gasteiger partial charge in [-0.05, 0) is 31.7 Å². The molecule has 2 fully saturated rings. The van der Waals surface area contributed by atoms with Crippen molar-refractivity contribution in [1.29, 1.82) is 0 Å². The maximum Gasteiger partial charge on any atom is 0.255 e. The molecule has 1 N–H and O–H groups in total. The molecule has 1 aliphatic heterocycles. The number of aliphatic hydroxyl groups excluding tert-OH is 1. The van der Waals surface area contributed by atoms with Crippen molar-refractivity contribution in [1.82, 2.24) is 9.88 Å². The zero-order valence-electron chi connectivity index (χ0n) is 11.4. The number of amides is 1. The summed E-state index contributed by atoms with van der Waals surface area (Å²) in [4.78, 5) is 18.4. The largest absolute Gasteiger partial charge is 0.392 e. The molecule has 1 aliphatic carbocycles. The Hall–Kier alpha value is -1.13. The van der Waals surface area contributed by atoms with Crippen molar-refractivity contribution >= 4 is 17.5 Å². The summed E-state index contributed by atoms with van der Waals surface area (Å²) in [6.07, 6.45) is 7.71. The number of aliphatic hydroxyl groups is 1. The lowest BCUT2D eigenvalue weighted by Gasteiger charge is -2.42. The molecule has 0 radical (unpaired) electrons. The Kier molecular flexibility index (Phi) is 3.69. The van der Waals surface area contributed by atoms with Crippen LogP contribution >= 0.6 is 11.6 Å². The fraction of sp³-hybridized carbons (Fsp3) is 0.600. The van der Waals surface area contributed by atoms with Gasteiger partial charge < -0.3 is 10.0 Å². The van der Waals surface area contributed by atoms with E-state index >= 15 is 0 Å². The second-order valence-corrected chi connectivity index (χ2v) is 6.36. The van der Waals surface area contributed by atoms with E-state index in [4.69, 9.17) is 11.6 Å². The van der Waals surface area contributed by atoms with Crippen LogP contribution < -0.4 is 0 Å². The van der Waals surface area contributed by atoms with Crippen LogP contribution in [0.3, 0.4) is 0 Å². The van der Waals surface area contributed by atoms with Crippen molar-refractivity contribution in [2.45, 2.75) is 38.2 Å². The van der Waals surface area contributed by atoms with Gasteiger partial charge in [0.05, 0.1) is 16.7 Å². The number of hydrogen-bond donors (Lipinski definition) is 1. The molecule has 3 rings (SSSR count). The number of hydrogen-bond acceptors (Lipinski definition) is 3. The van der Waals surface area contributed by atoms with Crippen LogP contribution in [-0.2, 0) is 0 Å². The average molecular weight is 295 g/mol. The van der Waals surface area contributed by atoms with E-state index in [0.29, 0.717) is 17.1 Å². The Morgan fingerprint density at radius 1 is 1.45 bits per heavy atom. The summed E-state index contributed by atoms with van der Waals surface area (Å²) >= 11 is 6.06. The maximum absolute atomic E-state index is 12.6. The lowest BCUT2D eigenvalue weighted by atomic mass is 9.76. The summed E-state index contributed by atoms with van der Waals surface area (Å²) in [7, 11) is 0. The van der Waals surface area contributed by atoms with Crippen molar-refractivity contribution in [3.05, 3.63) is 29.0 Å². The fourth-order valence-electron chi connectivity index (χ4n) is 3.65. The van der Waals surface area contributed by atoms with Crippen LogP contribution in [0.25, 0.3) is 0 Å². The number of carbonyl (C=O) groups is 1. The fourth-order valence-corrected chi connectivity index (χ4v) is 3.85. The van der Waals surface area contributed by atoms with Crippen molar-refractivity contribution in [2.75, 3.05) is 13.1 Å². The molecule has 2 atom stereocenters. The molecule has 1 amide bonds. The van der Waals surface area contributed by atoms with Crippen LogP contribution in [0.2, 0.25) is 5.02 Å². The van der Waals surface area contributed by atoms with E-state index in [-0.39, 0.29) is 17.4 Å². The second-order valence-electron chi connectivity index (χ2n) is 5.96. The van der Waals surface area contributed by atoms with Gasteiger partial charge in [0.1, 0.15) is 0 Å². The van der Waals surface area contributed by atoms with Gasteiger partial charge in [0.25, 0.3) is 5.91 Å². The standard InChI is InChI=1S/C15H19ClN2O2/c16-12-9-17-7-4-11(12)14(20)18-8-2-6-15(10-18)5-1-3-13(15)19/h4,7,9,13,19H,1-3,5-6,8,10H2/t13-,15+/m1/s1. The number of nitrogens with zero attached hydrogens (tertiary/aromatic N) is 2. The monoisotopic (exact) mass is 294 g/mol. The number of likely N-dealkylation sites (tertiary alicyclic amines) is 1. The van der Waals surface area contributed by atoms with Crippen molar-refractivity contribution in [2.24, 2.45) is 5.41 Å². The highest BCUT2D eigenvalue weighted by Gasteiger charge is 2.45.